The summed E-state index contributed by atoms with van der Waals surface area (Å²) in [7, 11) is -7.94. The van der Waals surface area contributed by atoms with Gasteiger partial charge in [0.05, 0.1) is 9.23 Å². The minimum absolute atomic E-state index is 0.0318. The first kappa shape index (κ1) is 20.3. The molecule has 0 aliphatic carbocycles. The van der Waals surface area contributed by atoms with E-state index in [2.05, 4.69) is 4.72 Å². The average Bonchev–Trinajstić information content (AvgIpc) is 3.10. The van der Waals surface area contributed by atoms with Gasteiger partial charge in [0.2, 0.25) is 0 Å². The van der Waals surface area contributed by atoms with Crippen molar-refractivity contribution < 1.29 is 21.6 Å². The zero-order valence-corrected chi connectivity index (χ0v) is 17.2. The molecule has 0 spiro atoms. The molecule has 0 saturated carbocycles. The Labute approximate surface area is 171 Å². The van der Waals surface area contributed by atoms with Crippen LogP contribution >= 0.6 is 22.9 Å². The van der Waals surface area contributed by atoms with E-state index in [1.807, 2.05) is 4.72 Å². The van der Waals surface area contributed by atoms with E-state index in [0.29, 0.717) is 4.34 Å². The molecule has 0 aliphatic rings. The van der Waals surface area contributed by atoms with E-state index in [0.717, 1.165) is 11.3 Å². The van der Waals surface area contributed by atoms with Crippen molar-refractivity contribution in [3.05, 3.63) is 76.6 Å². The lowest BCUT2D eigenvalue weighted by atomic mass is 10.2. The molecule has 2 N–H and O–H groups in total. The second-order valence-corrected chi connectivity index (χ2v) is 10.8. The molecule has 2 aromatic carbocycles. The Bertz CT molecular complexity index is 1210. The van der Waals surface area contributed by atoms with Gasteiger partial charge in [0.1, 0.15) is 4.21 Å². The number of benzene rings is 2. The van der Waals surface area contributed by atoms with Gasteiger partial charge in [-0.1, -0.05) is 29.8 Å². The van der Waals surface area contributed by atoms with Gasteiger partial charge in [-0.25, -0.2) is 21.6 Å². The SMILES string of the molecule is O=C(NS(=O)(=O)c1ccc(NS(=O)(=O)c2ccc(Cl)s2)cc1)c1ccccc1. The molecule has 146 valence electrons. The molecule has 1 aromatic heterocycles. The third-order valence-electron chi connectivity index (χ3n) is 3.49. The first-order chi connectivity index (χ1) is 13.2. The largest absolute Gasteiger partial charge is 0.279 e. The summed E-state index contributed by atoms with van der Waals surface area (Å²) in [6.07, 6.45) is 0. The second-order valence-electron chi connectivity index (χ2n) is 5.49. The summed E-state index contributed by atoms with van der Waals surface area (Å²) in [5.41, 5.74) is 0.364. The van der Waals surface area contributed by atoms with E-state index < -0.39 is 26.0 Å². The summed E-state index contributed by atoms with van der Waals surface area (Å²) in [4.78, 5) is 11.9. The minimum Gasteiger partial charge on any atom is -0.279 e. The Balaban J connectivity index is 1.75. The molecule has 28 heavy (non-hydrogen) atoms. The molecular formula is C17H13ClN2O5S3. The molecule has 0 atom stereocenters. The molecule has 3 rings (SSSR count). The van der Waals surface area contributed by atoms with Gasteiger partial charge in [-0.15, -0.1) is 11.3 Å². The predicted molar refractivity (Wildman–Crippen MR) is 108 cm³/mol. The van der Waals surface area contributed by atoms with Gasteiger partial charge in [0.25, 0.3) is 26.0 Å². The highest BCUT2D eigenvalue weighted by Gasteiger charge is 2.20. The monoisotopic (exact) mass is 456 g/mol. The van der Waals surface area contributed by atoms with Crippen molar-refractivity contribution in [2.45, 2.75) is 9.10 Å². The lowest BCUT2D eigenvalue weighted by molar-refractivity contribution is 0.0981. The van der Waals surface area contributed by atoms with Crippen LogP contribution in [0.2, 0.25) is 4.34 Å². The van der Waals surface area contributed by atoms with Gasteiger partial charge in [-0.2, -0.15) is 0 Å². The molecule has 0 aliphatic heterocycles. The molecule has 0 radical (unpaired) electrons. The Hall–Kier alpha value is -2.40. The summed E-state index contributed by atoms with van der Waals surface area (Å²) in [6, 6.07) is 15.7. The number of halogens is 1. The molecule has 11 heteroatoms. The van der Waals surface area contributed by atoms with Crippen molar-refractivity contribution in [1.82, 2.24) is 4.72 Å². The van der Waals surface area contributed by atoms with E-state index in [-0.39, 0.29) is 20.4 Å². The zero-order chi connectivity index (χ0) is 20.4. The second kappa shape index (κ2) is 7.92. The Morgan fingerprint density at radius 3 is 2.04 bits per heavy atom. The van der Waals surface area contributed by atoms with Crippen LogP contribution in [0.3, 0.4) is 0 Å². The summed E-state index contributed by atoms with van der Waals surface area (Å²) in [5, 5.41) is 0. The number of hydrogen-bond acceptors (Lipinski definition) is 6. The highest BCUT2D eigenvalue weighted by Crippen LogP contribution is 2.27. The van der Waals surface area contributed by atoms with E-state index in [9.17, 15) is 21.6 Å². The molecule has 7 nitrogen and oxygen atoms in total. The summed E-state index contributed by atoms with van der Waals surface area (Å²) < 4.78 is 53.9. The quantitative estimate of drug-likeness (QED) is 0.591. The maximum Gasteiger partial charge on any atom is 0.271 e. The van der Waals surface area contributed by atoms with Crippen LogP contribution in [-0.2, 0) is 20.0 Å². The van der Waals surface area contributed by atoms with Gasteiger partial charge < -0.3 is 0 Å². The highest BCUT2D eigenvalue weighted by molar-refractivity contribution is 7.94. The van der Waals surface area contributed by atoms with Crippen LogP contribution in [0, 0.1) is 0 Å². The van der Waals surface area contributed by atoms with Gasteiger partial charge in [-0.3, -0.25) is 9.52 Å². The van der Waals surface area contributed by atoms with Crippen molar-refractivity contribution in [1.29, 1.82) is 0 Å². The molecule has 1 amide bonds. The molecule has 0 bridgehead atoms. The summed E-state index contributed by atoms with van der Waals surface area (Å²) >= 11 is 6.65. The molecule has 1 heterocycles. The van der Waals surface area contributed by atoms with Crippen molar-refractivity contribution in [2.24, 2.45) is 0 Å². The highest BCUT2D eigenvalue weighted by atomic mass is 35.5. The fourth-order valence-electron chi connectivity index (χ4n) is 2.18. The number of amides is 1. The number of anilines is 1. The van der Waals surface area contributed by atoms with Gasteiger partial charge >= 0.3 is 0 Å². The molecular weight excluding hydrogens is 444 g/mol. The third kappa shape index (κ3) is 4.71. The van der Waals surface area contributed by atoms with Crippen LogP contribution in [0.25, 0.3) is 0 Å². The molecule has 0 fully saturated rings. The van der Waals surface area contributed by atoms with Crippen molar-refractivity contribution >= 4 is 54.6 Å². The van der Waals surface area contributed by atoms with E-state index >= 15 is 0 Å². The topological polar surface area (TPSA) is 109 Å². The molecule has 0 saturated heterocycles. The maximum atomic E-state index is 12.4. The number of carbonyl (C=O) groups is 1. The van der Waals surface area contributed by atoms with Crippen molar-refractivity contribution in [2.75, 3.05) is 4.72 Å². The zero-order valence-electron chi connectivity index (χ0n) is 14.0. The number of nitrogens with one attached hydrogen (secondary N) is 2. The Morgan fingerprint density at radius 1 is 0.821 bits per heavy atom. The normalized spacial score (nSPS) is 11.8. The Morgan fingerprint density at radius 2 is 1.46 bits per heavy atom. The fraction of sp³-hybridized carbons (Fsp3) is 0. The minimum atomic E-state index is -4.11. The van der Waals surface area contributed by atoms with Crippen LogP contribution in [-0.4, -0.2) is 22.7 Å². The van der Waals surface area contributed by atoms with E-state index in [4.69, 9.17) is 11.6 Å². The number of hydrogen-bond donors (Lipinski definition) is 2. The van der Waals surface area contributed by atoms with Crippen LogP contribution in [0.5, 0.6) is 0 Å². The smallest absolute Gasteiger partial charge is 0.271 e. The first-order valence-corrected chi connectivity index (χ1v) is 11.8. The van der Waals surface area contributed by atoms with Crippen LogP contribution in [0.4, 0.5) is 5.69 Å². The molecule has 3 aromatic rings. The lowest BCUT2D eigenvalue weighted by Crippen LogP contribution is -2.30. The van der Waals surface area contributed by atoms with Crippen molar-refractivity contribution in [3.63, 3.8) is 0 Å². The number of sulfonamides is 2. The maximum absolute atomic E-state index is 12.4. The number of rotatable bonds is 6. The lowest BCUT2D eigenvalue weighted by Gasteiger charge is -2.09. The van der Waals surface area contributed by atoms with Crippen molar-refractivity contribution in [3.8, 4) is 0 Å². The summed E-state index contributed by atoms with van der Waals surface area (Å²) in [6.45, 7) is 0. The Kier molecular flexibility index (Phi) is 5.75. The number of carbonyl (C=O) groups excluding carboxylic acids is 1. The molecule has 0 unspecified atom stereocenters. The number of thiophene rings is 1. The van der Waals surface area contributed by atoms with Gasteiger partial charge in [-0.05, 0) is 48.5 Å². The van der Waals surface area contributed by atoms with Crippen LogP contribution < -0.4 is 9.44 Å². The first-order valence-electron chi connectivity index (χ1n) is 7.68. The van der Waals surface area contributed by atoms with Crippen LogP contribution in [0.15, 0.2) is 75.8 Å². The average molecular weight is 457 g/mol. The van der Waals surface area contributed by atoms with Crippen LogP contribution in [0.1, 0.15) is 10.4 Å². The fourth-order valence-corrected chi connectivity index (χ4v) is 5.69. The predicted octanol–water partition coefficient (Wildman–Crippen LogP) is 3.32. The third-order valence-corrected chi connectivity index (χ3v) is 7.94. The summed E-state index contributed by atoms with van der Waals surface area (Å²) in [5.74, 6) is -0.764. The van der Waals surface area contributed by atoms with Gasteiger partial charge in [0.15, 0.2) is 0 Å². The van der Waals surface area contributed by atoms with E-state index in [1.54, 1.807) is 18.2 Å². The van der Waals surface area contributed by atoms with Gasteiger partial charge in [0, 0.05) is 11.3 Å². The standard InChI is InChI=1S/C17H13ClN2O5S3/c18-15-10-11-16(26-15)28(24,25)19-13-6-8-14(9-7-13)27(22,23)20-17(21)12-4-2-1-3-5-12/h1-11,19H,(H,20,21). The van der Waals surface area contributed by atoms with E-state index in [1.165, 1.54) is 48.5 Å².